The molecular formula is C17H19N3O5. The minimum absolute atomic E-state index is 0.0784. The number of benzene rings is 2. The summed E-state index contributed by atoms with van der Waals surface area (Å²) in [5.74, 6) is 0.307. The predicted octanol–water partition coefficient (Wildman–Crippen LogP) is 3.20. The highest BCUT2D eigenvalue weighted by Crippen LogP contribution is 2.33. The van der Waals surface area contributed by atoms with Crippen LogP contribution in [0.1, 0.15) is 5.56 Å². The molecule has 2 aromatic carbocycles. The van der Waals surface area contributed by atoms with Crippen molar-refractivity contribution in [2.75, 3.05) is 25.5 Å². The average molecular weight is 345 g/mol. The number of anilines is 1. The molecule has 0 bridgehead atoms. The van der Waals surface area contributed by atoms with Crippen LogP contribution in [-0.4, -0.2) is 41.2 Å². The van der Waals surface area contributed by atoms with Crippen LogP contribution >= 0.6 is 0 Å². The third-order valence-corrected chi connectivity index (χ3v) is 3.56. The van der Waals surface area contributed by atoms with Gasteiger partial charge >= 0.3 is 6.09 Å². The van der Waals surface area contributed by atoms with E-state index in [1.165, 1.54) is 17.0 Å². The monoisotopic (exact) mass is 345 g/mol. The van der Waals surface area contributed by atoms with Crippen molar-refractivity contribution in [2.24, 2.45) is 0 Å². The maximum atomic E-state index is 11.4. The number of nitrogens with zero attached hydrogens (tertiary/aromatic N) is 2. The van der Waals surface area contributed by atoms with Crippen molar-refractivity contribution in [2.45, 2.75) is 6.54 Å². The molecule has 8 heteroatoms. The van der Waals surface area contributed by atoms with E-state index in [1.807, 2.05) is 30.3 Å². The smallest absolute Gasteiger partial charge is 0.407 e. The van der Waals surface area contributed by atoms with Crippen LogP contribution in [0.2, 0.25) is 0 Å². The number of hydrogen-bond acceptors (Lipinski definition) is 5. The van der Waals surface area contributed by atoms with Gasteiger partial charge < -0.3 is 20.1 Å². The second-order valence-electron chi connectivity index (χ2n) is 5.20. The van der Waals surface area contributed by atoms with Crippen LogP contribution in [0.25, 0.3) is 0 Å². The van der Waals surface area contributed by atoms with E-state index in [1.54, 1.807) is 13.1 Å². The highest BCUT2D eigenvalue weighted by Gasteiger charge is 2.18. The molecule has 0 spiro atoms. The number of nitrogens with one attached hydrogen (secondary N) is 1. The molecule has 0 radical (unpaired) electrons. The molecule has 0 fully saturated rings. The van der Waals surface area contributed by atoms with Crippen LogP contribution in [-0.2, 0) is 6.54 Å². The number of nitro groups is 1. The van der Waals surface area contributed by atoms with E-state index in [4.69, 9.17) is 4.74 Å². The molecule has 1 amide bonds. The van der Waals surface area contributed by atoms with E-state index in [2.05, 4.69) is 5.32 Å². The first kappa shape index (κ1) is 18.1. The first-order valence-corrected chi connectivity index (χ1v) is 7.62. The molecule has 0 saturated heterocycles. The molecule has 0 aromatic heterocycles. The van der Waals surface area contributed by atoms with Gasteiger partial charge in [0.2, 0.25) is 0 Å². The molecule has 0 aliphatic carbocycles. The Bertz CT molecular complexity index is 736. The number of amides is 1. The first-order chi connectivity index (χ1) is 12.0. The maximum Gasteiger partial charge on any atom is 0.407 e. The summed E-state index contributed by atoms with van der Waals surface area (Å²) in [6.07, 6.45) is -1.06. The Labute approximate surface area is 144 Å². The van der Waals surface area contributed by atoms with Crippen molar-refractivity contribution in [1.82, 2.24) is 4.90 Å². The summed E-state index contributed by atoms with van der Waals surface area (Å²) in [4.78, 5) is 23.1. The van der Waals surface area contributed by atoms with E-state index in [0.29, 0.717) is 5.75 Å². The summed E-state index contributed by atoms with van der Waals surface area (Å²) < 4.78 is 5.57. The van der Waals surface area contributed by atoms with E-state index < -0.39 is 11.0 Å². The lowest BCUT2D eigenvalue weighted by Crippen LogP contribution is -2.32. The number of para-hydroxylation sites is 1. The van der Waals surface area contributed by atoms with Gasteiger partial charge in [-0.05, 0) is 11.6 Å². The molecule has 8 nitrogen and oxygen atoms in total. The van der Waals surface area contributed by atoms with E-state index in [9.17, 15) is 20.0 Å². The lowest BCUT2D eigenvalue weighted by Gasteiger charge is -2.20. The molecule has 0 saturated carbocycles. The van der Waals surface area contributed by atoms with Crippen LogP contribution in [0.3, 0.4) is 0 Å². The SMILES string of the molecule is CNc1c(OCCN(Cc2ccccc2)C(=O)O)cccc1[N+](=O)[O-]. The molecule has 0 aliphatic rings. The highest BCUT2D eigenvalue weighted by molar-refractivity contribution is 5.69. The lowest BCUT2D eigenvalue weighted by atomic mass is 10.2. The van der Waals surface area contributed by atoms with Gasteiger partial charge in [0.1, 0.15) is 12.4 Å². The molecular weight excluding hydrogens is 326 g/mol. The summed E-state index contributed by atoms with van der Waals surface area (Å²) in [5.41, 5.74) is 1.04. The van der Waals surface area contributed by atoms with Gasteiger partial charge in [-0.25, -0.2) is 4.79 Å². The average Bonchev–Trinajstić information content (AvgIpc) is 2.61. The molecule has 2 rings (SSSR count). The standard InChI is InChI=1S/C17H19N3O5/c1-18-16-14(20(23)24)8-5-9-15(16)25-11-10-19(17(21)22)12-13-6-3-2-4-7-13/h2-9,18H,10-12H2,1H3,(H,21,22). The van der Waals surface area contributed by atoms with Crippen molar-refractivity contribution in [3.63, 3.8) is 0 Å². The Hall–Kier alpha value is -3.29. The molecule has 0 unspecified atom stereocenters. The summed E-state index contributed by atoms with van der Waals surface area (Å²) in [7, 11) is 1.56. The molecule has 2 N–H and O–H groups in total. The van der Waals surface area contributed by atoms with Gasteiger partial charge in [0, 0.05) is 19.7 Å². The first-order valence-electron chi connectivity index (χ1n) is 7.62. The van der Waals surface area contributed by atoms with Crippen LogP contribution in [0.4, 0.5) is 16.2 Å². The van der Waals surface area contributed by atoms with Gasteiger partial charge in [-0.1, -0.05) is 36.4 Å². The van der Waals surface area contributed by atoms with E-state index in [0.717, 1.165) is 5.56 Å². The zero-order valence-corrected chi connectivity index (χ0v) is 13.7. The second-order valence-corrected chi connectivity index (χ2v) is 5.20. The highest BCUT2D eigenvalue weighted by atomic mass is 16.6. The third kappa shape index (κ3) is 4.84. The number of hydrogen-bond donors (Lipinski definition) is 2. The quantitative estimate of drug-likeness (QED) is 0.562. The Morgan fingerprint density at radius 1 is 1.24 bits per heavy atom. The molecule has 2 aromatic rings. The minimum atomic E-state index is -1.06. The summed E-state index contributed by atoms with van der Waals surface area (Å²) in [6.45, 7) is 0.457. The fraction of sp³-hybridized carbons (Fsp3) is 0.235. The fourth-order valence-electron chi connectivity index (χ4n) is 2.36. The van der Waals surface area contributed by atoms with E-state index >= 15 is 0 Å². The normalized spacial score (nSPS) is 10.1. The Balaban J connectivity index is 2.02. The van der Waals surface area contributed by atoms with Crippen LogP contribution in [0.15, 0.2) is 48.5 Å². The number of ether oxygens (including phenoxy) is 1. The van der Waals surface area contributed by atoms with Gasteiger partial charge in [-0.2, -0.15) is 0 Å². The number of nitro benzene ring substituents is 1. The van der Waals surface area contributed by atoms with Crippen LogP contribution in [0, 0.1) is 10.1 Å². The maximum absolute atomic E-state index is 11.4. The van der Waals surface area contributed by atoms with Crippen molar-refractivity contribution in [1.29, 1.82) is 0 Å². The van der Waals surface area contributed by atoms with E-state index in [-0.39, 0.29) is 31.1 Å². The molecule has 132 valence electrons. The Kier molecular flexibility index (Phi) is 6.16. The molecule has 0 atom stereocenters. The number of rotatable bonds is 8. The zero-order valence-electron chi connectivity index (χ0n) is 13.7. The summed E-state index contributed by atoms with van der Waals surface area (Å²) >= 11 is 0. The van der Waals surface area contributed by atoms with Crippen LogP contribution < -0.4 is 10.1 Å². The molecule has 25 heavy (non-hydrogen) atoms. The number of carbonyl (C=O) groups is 1. The van der Waals surface area contributed by atoms with Gasteiger partial charge in [0.25, 0.3) is 5.69 Å². The Morgan fingerprint density at radius 3 is 2.56 bits per heavy atom. The third-order valence-electron chi connectivity index (χ3n) is 3.56. The van der Waals surface area contributed by atoms with Gasteiger partial charge in [0.15, 0.2) is 5.69 Å². The zero-order chi connectivity index (χ0) is 18.2. The van der Waals surface area contributed by atoms with Crippen LogP contribution in [0.5, 0.6) is 5.75 Å². The summed E-state index contributed by atoms with van der Waals surface area (Å²) in [6, 6.07) is 13.7. The molecule has 0 heterocycles. The van der Waals surface area contributed by atoms with Gasteiger partial charge in [-0.3, -0.25) is 10.1 Å². The second kappa shape index (κ2) is 8.53. The van der Waals surface area contributed by atoms with Crippen molar-refractivity contribution >= 4 is 17.5 Å². The summed E-state index contributed by atoms with van der Waals surface area (Å²) in [5, 5.41) is 23.1. The lowest BCUT2D eigenvalue weighted by molar-refractivity contribution is -0.384. The van der Waals surface area contributed by atoms with Crippen molar-refractivity contribution in [3.05, 3.63) is 64.2 Å². The van der Waals surface area contributed by atoms with Crippen molar-refractivity contribution in [3.8, 4) is 5.75 Å². The minimum Gasteiger partial charge on any atom is -0.489 e. The van der Waals surface area contributed by atoms with Gasteiger partial charge in [-0.15, -0.1) is 0 Å². The number of carboxylic acid groups (broad SMARTS) is 1. The Morgan fingerprint density at radius 2 is 1.96 bits per heavy atom. The molecule has 0 aliphatic heterocycles. The van der Waals surface area contributed by atoms with Gasteiger partial charge in [0.05, 0.1) is 11.5 Å². The predicted molar refractivity (Wildman–Crippen MR) is 93.0 cm³/mol. The topological polar surface area (TPSA) is 105 Å². The largest absolute Gasteiger partial charge is 0.489 e. The van der Waals surface area contributed by atoms with Crippen molar-refractivity contribution < 1.29 is 19.6 Å². The fourth-order valence-corrected chi connectivity index (χ4v) is 2.36.